The molecule has 4 aromatic rings. The molecule has 11 heteroatoms. The monoisotopic (exact) mass is 422 g/mol. The summed E-state index contributed by atoms with van der Waals surface area (Å²) in [6.45, 7) is 0.761. The molecule has 0 aliphatic heterocycles. The number of non-ortho nitro benzene ring substituents is 1. The lowest BCUT2D eigenvalue weighted by Gasteiger charge is -2.06. The van der Waals surface area contributed by atoms with Crippen LogP contribution in [0.3, 0.4) is 0 Å². The van der Waals surface area contributed by atoms with E-state index in [-0.39, 0.29) is 17.3 Å². The maximum atomic E-state index is 12.3. The lowest BCUT2D eigenvalue weighted by atomic mass is 10.1. The zero-order chi connectivity index (χ0) is 21.8. The van der Waals surface area contributed by atoms with Gasteiger partial charge in [0.2, 0.25) is 0 Å². The average Bonchev–Trinajstić information content (AvgIpc) is 3.54. The van der Waals surface area contributed by atoms with Crippen molar-refractivity contribution in [1.29, 1.82) is 0 Å². The summed E-state index contributed by atoms with van der Waals surface area (Å²) in [5.74, 6) is 0.634. The predicted octanol–water partition coefficient (Wildman–Crippen LogP) is 2.88. The molecular weight excluding hydrogens is 404 g/mol. The summed E-state index contributed by atoms with van der Waals surface area (Å²) in [6, 6.07) is 11.3. The van der Waals surface area contributed by atoms with E-state index in [1.54, 1.807) is 47.5 Å². The molecule has 3 aromatic heterocycles. The number of carbonyl (C=O) groups excluding carboxylic acids is 1. The number of H-pyrrole nitrogens is 1. The number of furan rings is 1. The van der Waals surface area contributed by atoms with E-state index in [0.29, 0.717) is 41.6 Å². The molecule has 0 spiro atoms. The van der Waals surface area contributed by atoms with Crippen molar-refractivity contribution >= 4 is 11.6 Å². The number of hydrogen-bond acceptors (Lipinski definition) is 7. The molecule has 0 atom stereocenters. The van der Waals surface area contributed by atoms with Crippen LogP contribution in [0, 0.1) is 10.1 Å². The van der Waals surface area contributed by atoms with Gasteiger partial charge >= 0.3 is 0 Å². The first-order valence-corrected chi connectivity index (χ1v) is 9.29. The quantitative estimate of drug-likeness (QED) is 0.328. The van der Waals surface area contributed by atoms with Crippen LogP contribution in [0.2, 0.25) is 0 Å². The Bertz CT molecular complexity index is 1210. The highest BCUT2D eigenvalue weighted by Gasteiger charge is 2.15. The van der Waals surface area contributed by atoms with Crippen LogP contribution >= 0.6 is 0 Å². The van der Waals surface area contributed by atoms with E-state index in [0.717, 1.165) is 0 Å². The average molecular weight is 422 g/mol. The first-order valence-electron chi connectivity index (χ1n) is 9.29. The van der Waals surface area contributed by atoms with Gasteiger partial charge in [0.25, 0.3) is 11.6 Å². The largest absolute Gasteiger partial charge is 0.496 e. The summed E-state index contributed by atoms with van der Waals surface area (Å²) >= 11 is 0. The molecule has 0 saturated heterocycles. The first kappa shape index (κ1) is 19.9. The molecule has 1 aromatic carbocycles. The summed E-state index contributed by atoms with van der Waals surface area (Å²) in [5.41, 5.74) is 2.05. The Morgan fingerprint density at radius 2 is 2.19 bits per heavy atom. The van der Waals surface area contributed by atoms with Gasteiger partial charge < -0.3 is 14.5 Å². The lowest BCUT2D eigenvalue weighted by Crippen LogP contribution is -2.27. The van der Waals surface area contributed by atoms with Gasteiger partial charge in [-0.25, -0.2) is 0 Å². The number of aromatic nitrogens is 4. The number of aromatic amines is 1. The van der Waals surface area contributed by atoms with Crippen LogP contribution in [-0.4, -0.2) is 44.5 Å². The summed E-state index contributed by atoms with van der Waals surface area (Å²) in [5, 5.41) is 24.9. The fourth-order valence-corrected chi connectivity index (χ4v) is 3.01. The minimum atomic E-state index is -0.482. The van der Waals surface area contributed by atoms with E-state index in [2.05, 4.69) is 20.6 Å². The second-order valence-electron chi connectivity index (χ2n) is 6.51. The highest BCUT2D eigenvalue weighted by molar-refractivity contribution is 5.93. The van der Waals surface area contributed by atoms with Gasteiger partial charge in [-0.2, -0.15) is 10.2 Å². The molecule has 1 amide bonds. The van der Waals surface area contributed by atoms with Crippen molar-refractivity contribution in [3.8, 4) is 28.5 Å². The molecular formula is C20H18N6O5. The first-order chi connectivity index (χ1) is 15.0. The highest BCUT2D eigenvalue weighted by Crippen LogP contribution is 2.32. The standard InChI is InChI=1S/C20H18N6O5/c1-30-19-11-13(26(28)29)4-5-14(19)15-6-8-25(24-15)9-7-21-20(27)17-12-16(22-23-17)18-3-2-10-31-18/h2-6,8,10-12H,7,9H2,1H3,(H,21,27)(H,22,23). The number of nitro benzene ring substituents is 1. The summed E-state index contributed by atoms with van der Waals surface area (Å²) in [7, 11) is 1.45. The van der Waals surface area contributed by atoms with E-state index in [1.807, 2.05) is 0 Å². The second-order valence-corrected chi connectivity index (χ2v) is 6.51. The molecule has 158 valence electrons. The number of amides is 1. The maximum absolute atomic E-state index is 12.3. The van der Waals surface area contributed by atoms with Gasteiger partial charge in [-0.05, 0) is 24.3 Å². The molecule has 0 radical (unpaired) electrons. The van der Waals surface area contributed by atoms with Gasteiger partial charge in [0.15, 0.2) is 11.5 Å². The molecule has 3 heterocycles. The van der Waals surface area contributed by atoms with Crippen molar-refractivity contribution in [2.24, 2.45) is 0 Å². The number of rotatable bonds is 8. The number of nitro groups is 1. The topological polar surface area (TPSA) is 141 Å². The van der Waals surface area contributed by atoms with Crippen LogP contribution in [-0.2, 0) is 6.54 Å². The number of hydrogen-bond donors (Lipinski definition) is 2. The molecule has 11 nitrogen and oxygen atoms in total. The normalized spacial score (nSPS) is 10.7. The van der Waals surface area contributed by atoms with Gasteiger partial charge in [-0.15, -0.1) is 0 Å². The van der Waals surface area contributed by atoms with Crippen LogP contribution < -0.4 is 10.1 Å². The molecule has 4 rings (SSSR count). The van der Waals surface area contributed by atoms with Gasteiger partial charge in [0.1, 0.15) is 11.4 Å². The smallest absolute Gasteiger partial charge is 0.273 e. The van der Waals surface area contributed by atoms with Crippen LogP contribution in [0.15, 0.2) is 59.3 Å². The van der Waals surface area contributed by atoms with Gasteiger partial charge in [0.05, 0.1) is 36.6 Å². The SMILES string of the molecule is COc1cc([N+](=O)[O-])ccc1-c1ccn(CCNC(=O)c2cc(-c3ccco3)[nH]n2)n1. The van der Waals surface area contributed by atoms with E-state index >= 15 is 0 Å². The van der Waals surface area contributed by atoms with E-state index < -0.39 is 4.92 Å². The Kier molecular flexibility index (Phi) is 5.47. The number of nitrogens with one attached hydrogen (secondary N) is 2. The summed E-state index contributed by atoms with van der Waals surface area (Å²) in [4.78, 5) is 22.8. The third kappa shape index (κ3) is 4.29. The number of ether oxygens (including phenoxy) is 1. The van der Waals surface area contributed by atoms with Gasteiger partial charge in [-0.3, -0.25) is 24.7 Å². The fourth-order valence-electron chi connectivity index (χ4n) is 3.01. The van der Waals surface area contributed by atoms with Crippen LogP contribution in [0.5, 0.6) is 5.75 Å². The molecule has 0 bridgehead atoms. The Morgan fingerprint density at radius 1 is 1.32 bits per heavy atom. The lowest BCUT2D eigenvalue weighted by molar-refractivity contribution is -0.384. The molecule has 0 fully saturated rings. The number of methoxy groups -OCH3 is 1. The van der Waals surface area contributed by atoms with Gasteiger partial charge in [0, 0.05) is 30.4 Å². The summed E-state index contributed by atoms with van der Waals surface area (Å²) in [6.07, 6.45) is 3.30. The van der Waals surface area contributed by atoms with Crippen molar-refractivity contribution in [3.63, 3.8) is 0 Å². The van der Waals surface area contributed by atoms with Crippen LogP contribution in [0.4, 0.5) is 5.69 Å². The molecule has 0 saturated carbocycles. The van der Waals surface area contributed by atoms with E-state index in [1.165, 1.54) is 19.2 Å². The number of nitrogens with zero attached hydrogens (tertiary/aromatic N) is 4. The molecule has 31 heavy (non-hydrogen) atoms. The molecule has 0 unspecified atom stereocenters. The van der Waals surface area contributed by atoms with Crippen molar-refractivity contribution in [1.82, 2.24) is 25.3 Å². The Balaban J connectivity index is 1.37. The van der Waals surface area contributed by atoms with Crippen molar-refractivity contribution in [2.45, 2.75) is 6.54 Å². The van der Waals surface area contributed by atoms with Crippen LogP contribution in [0.1, 0.15) is 10.5 Å². The maximum Gasteiger partial charge on any atom is 0.273 e. The van der Waals surface area contributed by atoms with Gasteiger partial charge in [-0.1, -0.05) is 0 Å². The number of carbonyl (C=O) groups is 1. The number of benzene rings is 1. The molecule has 2 N–H and O–H groups in total. The minimum Gasteiger partial charge on any atom is -0.496 e. The predicted molar refractivity (Wildman–Crippen MR) is 109 cm³/mol. The Morgan fingerprint density at radius 3 is 2.94 bits per heavy atom. The molecule has 0 aliphatic rings. The van der Waals surface area contributed by atoms with Crippen LogP contribution in [0.25, 0.3) is 22.7 Å². The third-order valence-corrected chi connectivity index (χ3v) is 4.54. The second kappa shape index (κ2) is 8.53. The van der Waals surface area contributed by atoms with Crippen molar-refractivity contribution < 1.29 is 18.9 Å². The van der Waals surface area contributed by atoms with Crippen molar-refractivity contribution in [2.75, 3.05) is 13.7 Å². The third-order valence-electron chi connectivity index (χ3n) is 4.54. The minimum absolute atomic E-state index is 0.0590. The Labute approximate surface area is 175 Å². The summed E-state index contributed by atoms with van der Waals surface area (Å²) < 4.78 is 12.2. The fraction of sp³-hybridized carbons (Fsp3) is 0.150. The van der Waals surface area contributed by atoms with E-state index in [9.17, 15) is 14.9 Å². The zero-order valence-corrected chi connectivity index (χ0v) is 16.4. The molecule has 0 aliphatic carbocycles. The van der Waals surface area contributed by atoms with Crippen molar-refractivity contribution in [3.05, 3.63) is 70.7 Å². The highest BCUT2D eigenvalue weighted by atomic mass is 16.6. The van der Waals surface area contributed by atoms with E-state index in [4.69, 9.17) is 9.15 Å². The zero-order valence-electron chi connectivity index (χ0n) is 16.4. The Hall–Kier alpha value is -4.41.